The minimum atomic E-state index is -0.176. The summed E-state index contributed by atoms with van der Waals surface area (Å²) in [6, 6.07) is 7.17. The summed E-state index contributed by atoms with van der Waals surface area (Å²) in [5.74, 6) is 0.854. The predicted octanol–water partition coefficient (Wildman–Crippen LogP) is 3.80. The van der Waals surface area contributed by atoms with Crippen molar-refractivity contribution in [2.45, 2.75) is 44.7 Å². The highest BCUT2D eigenvalue weighted by atomic mass is 32.2. The summed E-state index contributed by atoms with van der Waals surface area (Å²) in [5, 5.41) is 3.54. The van der Waals surface area contributed by atoms with Crippen LogP contribution in [0.2, 0.25) is 0 Å². The molecule has 0 aliphatic rings. The number of hydrogen-bond acceptors (Lipinski definition) is 3. The van der Waals surface area contributed by atoms with Gasteiger partial charge in [0.05, 0.1) is 12.0 Å². The number of rotatable bonds is 8. The summed E-state index contributed by atoms with van der Waals surface area (Å²) in [6.45, 7) is 8.23. The number of benzene rings is 1. The third kappa shape index (κ3) is 5.14. The number of aryl methyl sites for hydroxylation is 1. The Morgan fingerprint density at radius 2 is 2.00 bits per heavy atom. The van der Waals surface area contributed by atoms with Gasteiger partial charge in [-0.25, -0.2) is 9.37 Å². The number of imidazole rings is 1. The van der Waals surface area contributed by atoms with Gasteiger partial charge >= 0.3 is 0 Å². The quantitative estimate of drug-likeness (QED) is 0.750. The lowest BCUT2D eigenvalue weighted by Crippen LogP contribution is -2.29. The van der Waals surface area contributed by atoms with Crippen molar-refractivity contribution in [3.63, 3.8) is 0 Å². The third-order valence-electron chi connectivity index (χ3n) is 3.82. The number of nitrogens with one attached hydrogen (secondary N) is 1. The molecular formula is C17H24FN3S. The molecule has 0 saturated carbocycles. The fourth-order valence-electron chi connectivity index (χ4n) is 2.19. The number of hydrogen-bond donors (Lipinski definition) is 1. The molecule has 2 rings (SSSR count). The molecule has 0 bridgehead atoms. The highest BCUT2D eigenvalue weighted by molar-refractivity contribution is 7.99. The molecule has 22 heavy (non-hydrogen) atoms. The maximum absolute atomic E-state index is 12.8. The molecule has 5 heteroatoms. The van der Waals surface area contributed by atoms with Gasteiger partial charge in [0, 0.05) is 29.7 Å². The van der Waals surface area contributed by atoms with Crippen LogP contribution in [0.1, 0.15) is 24.7 Å². The first-order chi connectivity index (χ1) is 10.6. The molecule has 1 atom stereocenters. The Bertz CT molecular complexity index is 580. The van der Waals surface area contributed by atoms with E-state index in [0.29, 0.717) is 6.04 Å². The topological polar surface area (TPSA) is 29.9 Å². The van der Waals surface area contributed by atoms with Gasteiger partial charge in [-0.05, 0) is 57.2 Å². The Labute approximate surface area is 136 Å². The third-order valence-corrected chi connectivity index (χ3v) is 4.87. The van der Waals surface area contributed by atoms with Crippen LogP contribution in [0.15, 0.2) is 35.5 Å². The van der Waals surface area contributed by atoms with Gasteiger partial charge in [0.15, 0.2) is 0 Å². The first-order valence-corrected chi connectivity index (χ1v) is 8.65. The number of aromatic nitrogens is 2. The molecule has 2 aromatic rings. The zero-order chi connectivity index (χ0) is 15.9. The van der Waals surface area contributed by atoms with Crippen molar-refractivity contribution in [3.05, 3.63) is 47.8 Å². The van der Waals surface area contributed by atoms with Gasteiger partial charge in [-0.1, -0.05) is 0 Å². The Balaban J connectivity index is 1.62. The van der Waals surface area contributed by atoms with E-state index in [1.54, 1.807) is 11.8 Å². The second-order valence-electron chi connectivity index (χ2n) is 5.56. The number of thioether (sulfide) groups is 1. The maximum Gasteiger partial charge on any atom is 0.123 e. The summed E-state index contributed by atoms with van der Waals surface area (Å²) in [7, 11) is 0. The van der Waals surface area contributed by atoms with Crippen LogP contribution in [0.3, 0.4) is 0 Å². The summed E-state index contributed by atoms with van der Waals surface area (Å²) in [6.07, 6.45) is 2.99. The van der Waals surface area contributed by atoms with Gasteiger partial charge in [-0.2, -0.15) is 0 Å². The molecule has 0 aliphatic carbocycles. The Morgan fingerprint density at radius 1 is 1.27 bits per heavy atom. The Kier molecular flexibility index (Phi) is 6.46. The van der Waals surface area contributed by atoms with E-state index in [4.69, 9.17) is 0 Å². The van der Waals surface area contributed by atoms with Crippen molar-refractivity contribution in [1.82, 2.24) is 14.9 Å². The van der Waals surface area contributed by atoms with Crippen LogP contribution in [0.4, 0.5) is 4.39 Å². The van der Waals surface area contributed by atoms with E-state index < -0.39 is 0 Å². The highest BCUT2D eigenvalue weighted by Gasteiger charge is 2.04. The summed E-state index contributed by atoms with van der Waals surface area (Å²) in [5.41, 5.74) is 2.34. The van der Waals surface area contributed by atoms with Gasteiger partial charge in [0.1, 0.15) is 5.82 Å². The molecule has 3 nitrogen and oxygen atoms in total. The minimum absolute atomic E-state index is 0.176. The summed E-state index contributed by atoms with van der Waals surface area (Å²) in [4.78, 5) is 5.43. The monoisotopic (exact) mass is 321 g/mol. The highest BCUT2D eigenvalue weighted by Crippen LogP contribution is 2.19. The molecule has 1 unspecified atom stereocenters. The zero-order valence-corrected chi connectivity index (χ0v) is 14.3. The first-order valence-electron chi connectivity index (χ1n) is 7.66. The molecule has 0 amide bonds. The summed E-state index contributed by atoms with van der Waals surface area (Å²) < 4.78 is 15.0. The standard InChI is InChI=1S/C17H24FN3S/c1-13(8-11-22-17-6-4-16(18)5-7-17)19-9-10-21-12-20-14(2)15(21)3/h4-7,12-13,19H,8-11H2,1-3H3. The maximum atomic E-state index is 12.8. The fourth-order valence-corrected chi connectivity index (χ4v) is 3.22. The van der Waals surface area contributed by atoms with E-state index >= 15 is 0 Å². The van der Waals surface area contributed by atoms with Crippen molar-refractivity contribution in [1.29, 1.82) is 0 Å². The lowest BCUT2D eigenvalue weighted by atomic mass is 10.2. The molecule has 1 aromatic heterocycles. The van der Waals surface area contributed by atoms with Gasteiger partial charge < -0.3 is 9.88 Å². The smallest absolute Gasteiger partial charge is 0.123 e. The molecule has 1 N–H and O–H groups in total. The van der Waals surface area contributed by atoms with Crippen LogP contribution in [-0.2, 0) is 6.54 Å². The molecule has 120 valence electrons. The summed E-state index contributed by atoms with van der Waals surface area (Å²) >= 11 is 1.77. The molecular weight excluding hydrogens is 297 g/mol. The van der Waals surface area contributed by atoms with Gasteiger partial charge in [0.2, 0.25) is 0 Å². The van der Waals surface area contributed by atoms with E-state index in [-0.39, 0.29) is 5.82 Å². The minimum Gasteiger partial charge on any atom is -0.333 e. The molecule has 0 aliphatic heterocycles. The molecule has 0 radical (unpaired) electrons. The Hall–Kier alpha value is -1.33. The van der Waals surface area contributed by atoms with Crippen molar-refractivity contribution in [2.24, 2.45) is 0 Å². The van der Waals surface area contributed by atoms with E-state index in [9.17, 15) is 4.39 Å². The van der Waals surface area contributed by atoms with Gasteiger partial charge in [0.25, 0.3) is 0 Å². The van der Waals surface area contributed by atoms with Gasteiger partial charge in [-0.3, -0.25) is 0 Å². The second-order valence-corrected chi connectivity index (χ2v) is 6.72. The second kappa shape index (κ2) is 8.34. The van der Waals surface area contributed by atoms with Crippen molar-refractivity contribution < 1.29 is 4.39 Å². The normalized spacial score (nSPS) is 12.5. The van der Waals surface area contributed by atoms with Crippen molar-refractivity contribution in [2.75, 3.05) is 12.3 Å². The lowest BCUT2D eigenvalue weighted by molar-refractivity contribution is 0.503. The van der Waals surface area contributed by atoms with E-state index in [1.807, 2.05) is 25.4 Å². The SMILES string of the molecule is Cc1ncn(CCNC(C)CCSc2ccc(F)cc2)c1C. The van der Waals surface area contributed by atoms with Crippen LogP contribution in [-0.4, -0.2) is 27.9 Å². The van der Waals surface area contributed by atoms with Gasteiger partial charge in [-0.15, -0.1) is 11.8 Å². The van der Waals surface area contributed by atoms with Crippen LogP contribution >= 0.6 is 11.8 Å². The molecule has 0 saturated heterocycles. The van der Waals surface area contributed by atoms with Crippen molar-refractivity contribution in [3.8, 4) is 0 Å². The number of halogens is 1. The Morgan fingerprint density at radius 3 is 2.64 bits per heavy atom. The van der Waals surface area contributed by atoms with Crippen LogP contribution < -0.4 is 5.32 Å². The van der Waals surface area contributed by atoms with E-state index in [0.717, 1.165) is 35.9 Å². The average Bonchev–Trinajstić information content (AvgIpc) is 2.81. The fraction of sp³-hybridized carbons (Fsp3) is 0.471. The van der Waals surface area contributed by atoms with Crippen LogP contribution in [0, 0.1) is 19.7 Å². The van der Waals surface area contributed by atoms with Crippen LogP contribution in [0.25, 0.3) is 0 Å². The van der Waals surface area contributed by atoms with E-state index in [2.05, 4.69) is 28.7 Å². The predicted molar refractivity (Wildman–Crippen MR) is 90.9 cm³/mol. The molecule has 1 aromatic carbocycles. The van der Waals surface area contributed by atoms with E-state index in [1.165, 1.54) is 17.8 Å². The largest absolute Gasteiger partial charge is 0.333 e. The lowest BCUT2D eigenvalue weighted by Gasteiger charge is -2.14. The average molecular weight is 321 g/mol. The number of nitrogens with zero attached hydrogens (tertiary/aromatic N) is 2. The van der Waals surface area contributed by atoms with Crippen molar-refractivity contribution >= 4 is 11.8 Å². The molecule has 0 fully saturated rings. The molecule has 1 heterocycles. The van der Waals surface area contributed by atoms with Crippen LogP contribution in [0.5, 0.6) is 0 Å². The zero-order valence-electron chi connectivity index (χ0n) is 13.5. The molecule has 0 spiro atoms. The first kappa shape index (κ1) is 17.0.